The quantitative estimate of drug-likeness (QED) is 0.902. The number of carbonyl (C=O) groups excluding carboxylic acids is 1. The van der Waals surface area contributed by atoms with Crippen molar-refractivity contribution in [3.05, 3.63) is 36.1 Å². The molecule has 0 atom stereocenters. The van der Waals surface area contributed by atoms with E-state index in [2.05, 4.69) is 5.32 Å². The van der Waals surface area contributed by atoms with Crippen molar-refractivity contribution in [2.45, 2.75) is 37.6 Å². The molecule has 0 radical (unpaired) electrons. The van der Waals surface area contributed by atoms with E-state index in [1.807, 2.05) is 24.3 Å². The Bertz CT molecular complexity index is 612. The average molecular weight is 272 g/mol. The molecule has 4 heteroatoms. The zero-order valence-corrected chi connectivity index (χ0v) is 11.5. The van der Waals surface area contributed by atoms with E-state index < -0.39 is 0 Å². The molecule has 0 unspecified atom stereocenters. The van der Waals surface area contributed by atoms with Crippen LogP contribution < -0.4 is 11.1 Å². The molecule has 0 saturated heterocycles. The maximum absolute atomic E-state index is 12.5. The molecule has 1 aliphatic carbocycles. The molecule has 3 rings (SSSR count). The van der Waals surface area contributed by atoms with Crippen LogP contribution in [0.25, 0.3) is 11.0 Å². The summed E-state index contributed by atoms with van der Waals surface area (Å²) in [5.41, 5.74) is 7.01. The number of nitrogens with one attached hydrogen (secondary N) is 1. The van der Waals surface area contributed by atoms with E-state index in [0.29, 0.717) is 12.1 Å². The van der Waals surface area contributed by atoms with Crippen LogP contribution in [0, 0.1) is 0 Å². The number of fused-ring (bicyclic) bond motifs is 1. The second kappa shape index (κ2) is 5.29. The topological polar surface area (TPSA) is 68.3 Å². The van der Waals surface area contributed by atoms with Gasteiger partial charge in [0.2, 0.25) is 0 Å². The van der Waals surface area contributed by atoms with E-state index in [-0.39, 0.29) is 11.4 Å². The van der Waals surface area contributed by atoms with Gasteiger partial charge in [0.05, 0.1) is 11.1 Å². The third kappa shape index (κ3) is 2.31. The zero-order valence-electron chi connectivity index (χ0n) is 11.5. The lowest BCUT2D eigenvalue weighted by molar-refractivity contribution is 0.0875. The average Bonchev–Trinajstić information content (AvgIpc) is 2.92. The highest BCUT2D eigenvalue weighted by molar-refractivity contribution is 6.06. The summed E-state index contributed by atoms with van der Waals surface area (Å²) in [6.07, 6.45) is 6.95. The van der Waals surface area contributed by atoms with Crippen LogP contribution in [0.15, 0.2) is 34.9 Å². The monoisotopic (exact) mass is 272 g/mol. The van der Waals surface area contributed by atoms with Crippen molar-refractivity contribution in [2.24, 2.45) is 5.73 Å². The van der Waals surface area contributed by atoms with E-state index in [1.54, 1.807) is 0 Å². The van der Waals surface area contributed by atoms with Gasteiger partial charge in [-0.05, 0) is 18.9 Å². The first-order chi connectivity index (χ1) is 9.74. The molecular formula is C16H20N2O2. The molecule has 1 fully saturated rings. The minimum atomic E-state index is -0.242. The van der Waals surface area contributed by atoms with Crippen molar-refractivity contribution in [3.8, 4) is 0 Å². The SMILES string of the molecule is NCC1(NC(=O)c2coc3ccccc23)CCCCC1. The maximum atomic E-state index is 12.5. The van der Waals surface area contributed by atoms with Gasteiger partial charge in [-0.3, -0.25) is 4.79 Å². The maximum Gasteiger partial charge on any atom is 0.255 e. The molecule has 106 valence electrons. The number of nitrogens with two attached hydrogens (primary N) is 1. The van der Waals surface area contributed by atoms with E-state index in [0.717, 1.165) is 36.7 Å². The minimum absolute atomic E-state index is 0.0812. The Morgan fingerprint density at radius 2 is 2.00 bits per heavy atom. The van der Waals surface area contributed by atoms with Crippen LogP contribution in [-0.4, -0.2) is 18.0 Å². The Labute approximate surface area is 118 Å². The number of benzene rings is 1. The second-order valence-corrected chi connectivity index (χ2v) is 5.64. The van der Waals surface area contributed by atoms with Crippen molar-refractivity contribution >= 4 is 16.9 Å². The number of hydrogen-bond acceptors (Lipinski definition) is 3. The molecule has 20 heavy (non-hydrogen) atoms. The molecule has 1 aromatic heterocycles. The summed E-state index contributed by atoms with van der Waals surface area (Å²) in [7, 11) is 0. The molecule has 1 amide bonds. The fourth-order valence-electron chi connectivity index (χ4n) is 3.07. The Balaban J connectivity index is 1.85. The van der Waals surface area contributed by atoms with Crippen LogP contribution in [-0.2, 0) is 0 Å². The summed E-state index contributed by atoms with van der Waals surface area (Å²) in [6.45, 7) is 0.495. The van der Waals surface area contributed by atoms with Crippen LogP contribution >= 0.6 is 0 Å². The van der Waals surface area contributed by atoms with Crippen molar-refractivity contribution in [3.63, 3.8) is 0 Å². The summed E-state index contributed by atoms with van der Waals surface area (Å²) in [5, 5.41) is 4.01. The van der Waals surface area contributed by atoms with Gasteiger partial charge in [0.1, 0.15) is 11.8 Å². The number of furan rings is 1. The van der Waals surface area contributed by atoms with Crippen molar-refractivity contribution < 1.29 is 9.21 Å². The fourth-order valence-corrected chi connectivity index (χ4v) is 3.07. The van der Waals surface area contributed by atoms with Crippen molar-refractivity contribution in [1.29, 1.82) is 0 Å². The number of carbonyl (C=O) groups is 1. The van der Waals surface area contributed by atoms with Crippen molar-refractivity contribution in [2.75, 3.05) is 6.54 Å². The normalized spacial score (nSPS) is 18.1. The van der Waals surface area contributed by atoms with Gasteiger partial charge in [0.25, 0.3) is 5.91 Å². The van der Waals surface area contributed by atoms with Gasteiger partial charge in [-0.2, -0.15) is 0 Å². The van der Waals surface area contributed by atoms with Crippen LogP contribution in [0.1, 0.15) is 42.5 Å². The van der Waals surface area contributed by atoms with E-state index >= 15 is 0 Å². The van der Waals surface area contributed by atoms with Crippen molar-refractivity contribution in [1.82, 2.24) is 5.32 Å². The van der Waals surface area contributed by atoms with Crippen LogP contribution in [0.4, 0.5) is 0 Å². The summed E-state index contributed by atoms with van der Waals surface area (Å²) >= 11 is 0. The predicted octanol–water partition coefficient (Wildman–Crippen LogP) is 2.82. The van der Waals surface area contributed by atoms with Gasteiger partial charge in [0, 0.05) is 11.9 Å². The third-order valence-electron chi connectivity index (χ3n) is 4.31. The number of para-hydroxylation sites is 1. The first-order valence-corrected chi connectivity index (χ1v) is 7.23. The lowest BCUT2D eigenvalue weighted by Crippen LogP contribution is -2.54. The molecular weight excluding hydrogens is 252 g/mol. The van der Waals surface area contributed by atoms with Gasteiger partial charge in [-0.25, -0.2) is 0 Å². The molecule has 0 bridgehead atoms. The molecule has 0 aliphatic heterocycles. The van der Waals surface area contributed by atoms with Crippen LogP contribution in [0.2, 0.25) is 0 Å². The lowest BCUT2D eigenvalue weighted by Gasteiger charge is -2.37. The molecule has 1 aliphatic rings. The molecule has 2 aromatic rings. The molecule has 0 spiro atoms. The first-order valence-electron chi connectivity index (χ1n) is 7.23. The molecule has 1 aromatic carbocycles. The number of amides is 1. The van der Waals surface area contributed by atoms with Crippen LogP contribution in [0.5, 0.6) is 0 Å². The summed E-state index contributed by atoms with van der Waals surface area (Å²) < 4.78 is 5.43. The van der Waals surface area contributed by atoms with Gasteiger partial charge in [-0.1, -0.05) is 37.5 Å². The summed E-state index contributed by atoms with van der Waals surface area (Å²) in [5.74, 6) is -0.0812. The highest BCUT2D eigenvalue weighted by Crippen LogP contribution is 2.28. The van der Waals surface area contributed by atoms with Gasteiger partial charge in [0.15, 0.2) is 0 Å². The van der Waals surface area contributed by atoms with E-state index in [4.69, 9.17) is 10.2 Å². The molecule has 3 N–H and O–H groups in total. The minimum Gasteiger partial charge on any atom is -0.463 e. The smallest absolute Gasteiger partial charge is 0.255 e. The Morgan fingerprint density at radius 3 is 2.75 bits per heavy atom. The van der Waals surface area contributed by atoms with Gasteiger partial charge >= 0.3 is 0 Å². The fraction of sp³-hybridized carbons (Fsp3) is 0.438. The zero-order chi connectivity index (χ0) is 14.0. The molecule has 1 heterocycles. The molecule has 4 nitrogen and oxygen atoms in total. The molecule has 1 saturated carbocycles. The summed E-state index contributed by atoms with van der Waals surface area (Å²) in [6, 6.07) is 7.58. The van der Waals surface area contributed by atoms with Crippen LogP contribution in [0.3, 0.4) is 0 Å². The highest BCUT2D eigenvalue weighted by Gasteiger charge is 2.33. The Morgan fingerprint density at radius 1 is 1.25 bits per heavy atom. The Hall–Kier alpha value is -1.81. The standard InChI is InChI=1S/C16H20N2O2/c17-11-16(8-4-1-5-9-16)18-15(19)13-10-20-14-7-3-2-6-12(13)14/h2-3,6-7,10H,1,4-5,8-9,11,17H2,(H,18,19). The third-order valence-corrected chi connectivity index (χ3v) is 4.31. The Kier molecular flexibility index (Phi) is 3.49. The number of rotatable bonds is 3. The van der Waals surface area contributed by atoms with Gasteiger partial charge < -0.3 is 15.5 Å². The highest BCUT2D eigenvalue weighted by atomic mass is 16.3. The second-order valence-electron chi connectivity index (χ2n) is 5.64. The predicted molar refractivity (Wildman–Crippen MR) is 78.6 cm³/mol. The largest absolute Gasteiger partial charge is 0.463 e. The lowest BCUT2D eigenvalue weighted by atomic mass is 9.81. The first kappa shape index (κ1) is 13.2. The summed E-state index contributed by atoms with van der Waals surface area (Å²) in [4.78, 5) is 12.5. The van der Waals surface area contributed by atoms with Gasteiger partial charge in [-0.15, -0.1) is 0 Å². The van der Waals surface area contributed by atoms with E-state index in [9.17, 15) is 4.79 Å². The number of hydrogen-bond donors (Lipinski definition) is 2. The van der Waals surface area contributed by atoms with E-state index in [1.165, 1.54) is 12.7 Å².